The van der Waals surface area contributed by atoms with Gasteiger partial charge in [-0.2, -0.15) is 0 Å². The quantitative estimate of drug-likeness (QED) is 0.236. The highest BCUT2D eigenvalue weighted by molar-refractivity contribution is 9.10. The van der Waals surface area contributed by atoms with Gasteiger partial charge in [0.15, 0.2) is 5.88 Å². The lowest BCUT2D eigenvalue weighted by atomic mass is 9.98. The fourth-order valence-electron chi connectivity index (χ4n) is 3.76. The molecule has 0 unspecified atom stereocenters. The number of hydrogen-bond donors (Lipinski definition) is 4. The molecule has 0 aliphatic heterocycles. The predicted octanol–water partition coefficient (Wildman–Crippen LogP) is 5.54. The van der Waals surface area contributed by atoms with Crippen molar-refractivity contribution in [3.63, 3.8) is 0 Å². The lowest BCUT2D eigenvalue weighted by molar-refractivity contribution is -0.136. The number of nitrogens with zero attached hydrogens (tertiary/aromatic N) is 1. The monoisotopic (exact) mass is 505 g/mol. The molecule has 3 aromatic carbocycles. The topological polar surface area (TPSA) is 97.7 Å². The Labute approximate surface area is 200 Å². The van der Waals surface area contributed by atoms with Crippen molar-refractivity contribution in [1.82, 2.24) is 10.3 Å². The number of carboxylic acids is 1. The minimum Gasteiger partial charge on any atom is -0.494 e. The van der Waals surface area contributed by atoms with Gasteiger partial charge in [0.2, 0.25) is 0 Å². The van der Waals surface area contributed by atoms with Crippen molar-refractivity contribution in [1.29, 1.82) is 0 Å². The van der Waals surface area contributed by atoms with E-state index >= 15 is 0 Å². The van der Waals surface area contributed by atoms with Crippen molar-refractivity contribution in [2.75, 3.05) is 7.05 Å². The van der Waals surface area contributed by atoms with Crippen LogP contribution in [-0.4, -0.2) is 33.9 Å². The maximum Gasteiger partial charge on any atom is 0.303 e. The minimum atomic E-state index is -0.821. The molecule has 0 saturated heterocycles. The third-order valence-corrected chi connectivity index (χ3v) is 5.88. The zero-order valence-corrected chi connectivity index (χ0v) is 19.7. The van der Waals surface area contributed by atoms with E-state index < -0.39 is 5.97 Å². The van der Waals surface area contributed by atoms with Crippen LogP contribution >= 0.6 is 15.9 Å². The van der Waals surface area contributed by atoms with Crippen molar-refractivity contribution < 1.29 is 15.0 Å². The van der Waals surface area contributed by atoms with Crippen LogP contribution in [0, 0.1) is 0 Å². The van der Waals surface area contributed by atoms with Gasteiger partial charge in [0.05, 0.1) is 22.5 Å². The Morgan fingerprint density at radius 1 is 1.03 bits per heavy atom. The predicted molar refractivity (Wildman–Crippen MR) is 135 cm³/mol. The van der Waals surface area contributed by atoms with E-state index in [0.29, 0.717) is 17.7 Å². The summed E-state index contributed by atoms with van der Waals surface area (Å²) in [6, 6.07) is 21.4. The first-order valence-corrected chi connectivity index (χ1v) is 11.4. The van der Waals surface area contributed by atoms with Gasteiger partial charge in [-0.05, 0) is 48.9 Å². The second-order valence-electron chi connectivity index (χ2n) is 7.79. The van der Waals surface area contributed by atoms with Crippen LogP contribution in [0.3, 0.4) is 0 Å². The van der Waals surface area contributed by atoms with E-state index in [2.05, 4.69) is 26.2 Å². The smallest absolute Gasteiger partial charge is 0.303 e. The van der Waals surface area contributed by atoms with E-state index in [9.17, 15) is 9.90 Å². The van der Waals surface area contributed by atoms with E-state index in [4.69, 9.17) is 10.1 Å². The standard InChI is InChI=1S/C26H24BrN3O3/c1-28-15-17-4-10-20(11-5-17)29-25(18-7-2-16(3-8-18)6-13-23(31)32)24-21-12-9-19(27)14-22(21)30-26(24)33/h2-5,7-12,14,28,30,33H,6,13,15H2,1H3,(H,31,32). The van der Waals surface area contributed by atoms with Crippen LogP contribution < -0.4 is 5.32 Å². The molecule has 33 heavy (non-hydrogen) atoms. The average molecular weight is 506 g/mol. The third-order valence-electron chi connectivity index (χ3n) is 5.39. The summed E-state index contributed by atoms with van der Waals surface area (Å²) in [5, 5.41) is 23.8. The fraction of sp³-hybridized carbons (Fsp3) is 0.154. The summed E-state index contributed by atoms with van der Waals surface area (Å²) in [5.74, 6) is -0.776. The molecule has 0 aliphatic carbocycles. The number of hydrogen-bond acceptors (Lipinski definition) is 4. The second kappa shape index (κ2) is 10.0. The van der Waals surface area contributed by atoms with Crippen LogP contribution in [0.15, 0.2) is 76.2 Å². The third kappa shape index (κ3) is 5.32. The first-order chi connectivity index (χ1) is 15.9. The zero-order chi connectivity index (χ0) is 23.4. The molecule has 0 aliphatic rings. The zero-order valence-electron chi connectivity index (χ0n) is 18.1. The number of aryl methyl sites for hydroxylation is 1. The van der Waals surface area contributed by atoms with Gasteiger partial charge in [-0.3, -0.25) is 4.79 Å². The molecule has 0 spiro atoms. The Balaban J connectivity index is 1.81. The number of aliphatic carboxylic acids is 1. The van der Waals surface area contributed by atoms with Crippen LogP contribution in [0.25, 0.3) is 10.9 Å². The molecule has 1 aromatic heterocycles. The molecule has 168 valence electrons. The van der Waals surface area contributed by atoms with E-state index in [1.54, 1.807) is 0 Å². The summed E-state index contributed by atoms with van der Waals surface area (Å²) in [6.45, 7) is 0.771. The van der Waals surface area contributed by atoms with Crippen molar-refractivity contribution in [3.8, 4) is 5.88 Å². The highest BCUT2D eigenvalue weighted by atomic mass is 79.9. The number of rotatable bonds is 8. The van der Waals surface area contributed by atoms with Gasteiger partial charge in [0.1, 0.15) is 0 Å². The number of halogens is 1. The summed E-state index contributed by atoms with van der Waals surface area (Å²) in [4.78, 5) is 18.9. The van der Waals surface area contributed by atoms with Crippen LogP contribution in [0.5, 0.6) is 5.88 Å². The molecular weight excluding hydrogens is 482 g/mol. The molecule has 4 aromatic rings. The first-order valence-electron chi connectivity index (χ1n) is 10.6. The van der Waals surface area contributed by atoms with Gasteiger partial charge in [0, 0.05) is 28.4 Å². The van der Waals surface area contributed by atoms with Crippen molar-refractivity contribution >= 4 is 44.2 Å². The largest absolute Gasteiger partial charge is 0.494 e. The summed E-state index contributed by atoms with van der Waals surface area (Å²) >= 11 is 3.48. The second-order valence-corrected chi connectivity index (χ2v) is 8.70. The van der Waals surface area contributed by atoms with Gasteiger partial charge in [-0.25, -0.2) is 4.99 Å². The Hall–Kier alpha value is -3.42. The van der Waals surface area contributed by atoms with Gasteiger partial charge in [-0.1, -0.05) is 58.4 Å². The Morgan fingerprint density at radius 2 is 1.73 bits per heavy atom. The van der Waals surface area contributed by atoms with Gasteiger partial charge < -0.3 is 20.5 Å². The van der Waals surface area contributed by atoms with E-state index in [1.165, 1.54) is 0 Å². The number of aromatic amines is 1. The summed E-state index contributed by atoms with van der Waals surface area (Å²) in [6.07, 6.45) is 0.540. The molecule has 7 heteroatoms. The normalized spacial score (nSPS) is 11.8. The van der Waals surface area contributed by atoms with Crippen LogP contribution in [0.1, 0.15) is 28.7 Å². The fourth-order valence-corrected chi connectivity index (χ4v) is 4.12. The molecule has 0 amide bonds. The van der Waals surface area contributed by atoms with Crippen molar-refractivity contribution in [2.45, 2.75) is 19.4 Å². The maximum atomic E-state index is 10.9. The van der Waals surface area contributed by atoms with E-state index in [0.717, 1.165) is 44.3 Å². The summed E-state index contributed by atoms with van der Waals surface area (Å²) in [5.41, 5.74) is 5.73. The van der Waals surface area contributed by atoms with Crippen LogP contribution in [-0.2, 0) is 17.8 Å². The van der Waals surface area contributed by atoms with Gasteiger partial charge in [0.25, 0.3) is 0 Å². The summed E-state index contributed by atoms with van der Waals surface area (Å²) in [7, 11) is 1.91. The number of benzene rings is 3. The number of fused-ring (bicyclic) bond motifs is 1. The van der Waals surface area contributed by atoms with Crippen molar-refractivity contribution in [2.24, 2.45) is 4.99 Å². The maximum absolute atomic E-state index is 10.9. The number of aromatic hydroxyl groups is 1. The molecule has 0 radical (unpaired) electrons. The number of H-pyrrole nitrogens is 1. The number of aromatic nitrogens is 1. The number of aliphatic imine (C=N–C) groups is 1. The lowest BCUT2D eigenvalue weighted by Gasteiger charge is -2.10. The van der Waals surface area contributed by atoms with E-state index in [1.807, 2.05) is 73.8 Å². The molecule has 4 N–H and O–H groups in total. The van der Waals surface area contributed by atoms with Crippen LogP contribution in [0.2, 0.25) is 0 Å². The van der Waals surface area contributed by atoms with Gasteiger partial charge in [-0.15, -0.1) is 0 Å². The SMILES string of the molecule is CNCc1ccc(N=C(c2ccc(CCC(=O)O)cc2)c2c(O)[nH]c3cc(Br)ccc23)cc1. The molecule has 6 nitrogen and oxygen atoms in total. The highest BCUT2D eigenvalue weighted by Gasteiger charge is 2.19. The molecule has 1 heterocycles. The van der Waals surface area contributed by atoms with E-state index in [-0.39, 0.29) is 12.3 Å². The summed E-state index contributed by atoms with van der Waals surface area (Å²) < 4.78 is 0.907. The Kier molecular flexibility index (Phi) is 6.91. The molecule has 0 bridgehead atoms. The number of nitrogens with one attached hydrogen (secondary N) is 2. The Morgan fingerprint density at radius 3 is 2.39 bits per heavy atom. The Bertz CT molecular complexity index is 1310. The molecule has 0 fully saturated rings. The molecular formula is C26H24BrN3O3. The molecule has 0 saturated carbocycles. The lowest BCUT2D eigenvalue weighted by Crippen LogP contribution is -2.05. The van der Waals surface area contributed by atoms with Crippen molar-refractivity contribution in [3.05, 3.63) is 93.5 Å². The number of carbonyl (C=O) groups is 1. The molecule has 0 atom stereocenters. The average Bonchev–Trinajstić information content (AvgIpc) is 3.12. The molecule has 4 rings (SSSR count). The first kappa shape index (κ1) is 22.8. The van der Waals surface area contributed by atoms with Crippen LogP contribution in [0.4, 0.5) is 5.69 Å². The minimum absolute atomic E-state index is 0.0450. The highest BCUT2D eigenvalue weighted by Crippen LogP contribution is 2.33. The van der Waals surface area contributed by atoms with Gasteiger partial charge >= 0.3 is 5.97 Å². The number of carboxylic acid groups (broad SMARTS) is 1.